The second kappa shape index (κ2) is 8.21. The smallest absolute Gasteiger partial charge is 0.209 e. The largest absolute Gasteiger partial charge is 0.387 e. The van der Waals surface area contributed by atoms with Crippen molar-refractivity contribution in [1.29, 1.82) is 0 Å². The van der Waals surface area contributed by atoms with E-state index in [1.165, 1.54) is 0 Å². The van der Waals surface area contributed by atoms with E-state index >= 15 is 0 Å². The van der Waals surface area contributed by atoms with Crippen LogP contribution in [0.2, 0.25) is 0 Å². The summed E-state index contributed by atoms with van der Waals surface area (Å²) in [6.07, 6.45) is 0.0886. The number of rotatable bonds is 7. The molecule has 130 valence electrons. The van der Waals surface area contributed by atoms with Crippen molar-refractivity contribution >= 4 is 10.0 Å². The van der Waals surface area contributed by atoms with Crippen LogP contribution in [0.3, 0.4) is 0 Å². The highest BCUT2D eigenvalue weighted by molar-refractivity contribution is 7.89. The summed E-state index contributed by atoms with van der Waals surface area (Å²) in [6, 6.07) is 10.0. The van der Waals surface area contributed by atoms with Crippen LogP contribution < -0.4 is 5.14 Å². The molecule has 1 fully saturated rings. The quantitative estimate of drug-likeness (QED) is 0.750. The Morgan fingerprint density at radius 1 is 1.30 bits per heavy atom. The molecule has 0 aliphatic carbocycles. The Labute approximate surface area is 138 Å². The van der Waals surface area contributed by atoms with Gasteiger partial charge in [0.05, 0.1) is 11.9 Å². The summed E-state index contributed by atoms with van der Waals surface area (Å²) >= 11 is 0. The summed E-state index contributed by atoms with van der Waals surface area (Å²) in [5.41, 5.74) is 0.940. The van der Waals surface area contributed by atoms with Crippen molar-refractivity contribution in [2.45, 2.75) is 25.5 Å². The summed E-state index contributed by atoms with van der Waals surface area (Å²) < 4.78 is 21.9. The van der Waals surface area contributed by atoms with Gasteiger partial charge in [-0.25, -0.2) is 13.6 Å². The van der Waals surface area contributed by atoms with E-state index in [4.69, 9.17) is 5.14 Å². The molecule has 0 spiro atoms. The molecule has 6 nitrogen and oxygen atoms in total. The Kier molecular flexibility index (Phi) is 6.55. The van der Waals surface area contributed by atoms with Crippen LogP contribution in [-0.2, 0) is 10.0 Å². The van der Waals surface area contributed by atoms with Gasteiger partial charge in [-0.05, 0) is 25.5 Å². The zero-order valence-corrected chi connectivity index (χ0v) is 14.5. The van der Waals surface area contributed by atoms with Crippen LogP contribution >= 0.6 is 0 Å². The fraction of sp³-hybridized carbons (Fsp3) is 0.625. The first kappa shape index (κ1) is 18.4. The lowest BCUT2D eigenvalue weighted by Gasteiger charge is -2.40. The average Bonchev–Trinajstić information content (AvgIpc) is 2.49. The molecule has 0 radical (unpaired) electrons. The molecule has 0 unspecified atom stereocenters. The van der Waals surface area contributed by atoms with E-state index in [0.717, 1.165) is 31.7 Å². The monoisotopic (exact) mass is 341 g/mol. The molecule has 0 amide bonds. The molecule has 7 heteroatoms. The second-order valence-corrected chi connectivity index (χ2v) is 8.03. The minimum atomic E-state index is -3.37. The van der Waals surface area contributed by atoms with Gasteiger partial charge in [-0.3, -0.25) is 4.90 Å². The third-order valence-corrected chi connectivity index (χ3v) is 5.20. The molecule has 1 aromatic rings. The van der Waals surface area contributed by atoms with Gasteiger partial charge in [-0.2, -0.15) is 0 Å². The molecular formula is C16H27N3O3S. The van der Waals surface area contributed by atoms with Crippen molar-refractivity contribution in [3.8, 4) is 0 Å². The fourth-order valence-corrected chi connectivity index (χ4v) is 3.57. The molecule has 2 rings (SSSR count). The van der Waals surface area contributed by atoms with E-state index in [1.54, 1.807) is 0 Å². The Morgan fingerprint density at radius 2 is 2.00 bits per heavy atom. The first-order chi connectivity index (χ1) is 10.8. The maximum Gasteiger partial charge on any atom is 0.209 e. The number of nitrogens with two attached hydrogens (primary N) is 1. The van der Waals surface area contributed by atoms with Crippen LogP contribution in [-0.4, -0.2) is 67.8 Å². The predicted molar refractivity (Wildman–Crippen MR) is 91.5 cm³/mol. The number of nitrogens with zero attached hydrogens (tertiary/aromatic N) is 2. The third-order valence-electron chi connectivity index (χ3n) is 4.34. The number of β-amino-alcohol motifs (C(OH)–C–C–N with tert-alkyl or cyclic N) is 1. The number of aliphatic hydroxyl groups excluding tert-OH is 1. The van der Waals surface area contributed by atoms with Crippen LogP contribution in [0.5, 0.6) is 0 Å². The van der Waals surface area contributed by atoms with Crippen molar-refractivity contribution in [3.05, 3.63) is 35.9 Å². The summed E-state index contributed by atoms with van der Waals surface area (Å²) in [5, 5.41) is 15.4. The minimum absolute atomic E-state index is 0.0360. The van der Waals surface area contributed by atoms with Gasteiger partial charge < -0.3 is 10.0 Å². The maximum atomic E-state index is 11.0. The number of primary sulfonamides is 1. The van der Waals surface area contributed by atoms with E-state index in [-0.39, 0.29) is 5.75 Å². The molecule has 1 saturated heterocycles. The number of benzene rings is 1. The number of sulfonamides is 1. The van der Waals surface area contributed by atoms with E-state index < -0.39 is 16.1 Å². The lowest BCUT2D eigenvalue weighted by atomic mass is 10.1. The van der Waals surface area contributed by atoms with Crippen LogP contribution in [0.15, 0.2) is 30.3 Å². The highest BCUT2D eigenvalue weighted by Crippen LogP contribution is 2.17. The number of aliphatic hydroxyl groups is 1. The van der Waals surface area contributed by atoms with Gasteiger partial charge in [-0.15, -0.1) is 0 Å². The molecule has 23 heavy (non-hydrogen) atoms. The summed E-state index contributed by atoms with van der Waals surface area (Å²) in [4.78, 5) is 4.55. The standard InChI is InChI=1S/C16H27N3O3S/c1-14-12-18(8-5-11-23(17,21)22)9-10-19(14)13-16(20)15-6-3-2-4-7-15/h2-4,6-7,14,16,20H,5,8-13H2,1H3,(H2,17,21,22)/t14-,16-/m1/s1. The highest BCUT2D eigenvalue weighted by Gasteiger charge is 2.25. The first-order valence-electron chi connectivity index (χ1n) is 8.05. The van der Waals surface area contributed by atoms with E-state index in [9.17, 15) is 13.5 Å². The van der Waals surface area contributed by atoms with Gasteiger partial charge in [0.1, 0.15) is 0 Å². The molecular weight excluding hydrogens is 314 g/mol. The number of piperazine rings is 1. The van der Waals surface area contributed by atoms with E-state index in [1.807, 2.05) is 30.3 Å². The lowest BCUT2D eigenvalue weighted by molar-refractivity contribution is 0.0390. The van der Waals surface area contributed by atoms with Crippen LogP contribution in [0.25, 0.3) is 0 Å². The normalized spacial score (nSPS) is 22.1. The second-order valence-electron chi connectivity index (χ2n) is 6.29. The van der Waals surface area contributed by atoms with Crippen molar-refractivity contribution in [3.63, 3.8) is 0 Å². The van der Waals surface area contributed by atoms with Crippen molar-refractivity contribution in [2.75, 3.05) is 38.5 Å². The van der Waals surface area contributed by atoms with Crippen LogP contribution in [0.4, 0.5) is 0 Å². The van der Waals surface area contributed by atoms with Crippen molar-refractivity contribution < 1.29 is 13.5 Å². The zero-order chi connectivity index (χ0) is 16.9. The Bertz CT molecular complexity index is 579. The van der Waals surface area contributed by atoms with Gasteiger partial charge in [0.25, 0.3) is 0 Å². The van der Waals surface area contributed by atoms with Gasteiger partial charge >= 0.3 is 0 Å². The van der Waals surface area contributed by atoms with Crippen LogP contribution in [0, 0.1) is 0 Å². The zero-order valence-electron chi connectivity index (χ0n) is 13.6. The fourth-order valence-electron chi connectivity index (χ4n) is 3.04. The molecule has 2 atom stereocenters. The molecule has 0 bridgehead atoms. The summed E-state index contributed by atoms with van der Waals surface area (Å²) in [5.74, 6) is 0.0360. The van der Waals surface area contributed by atoms with Gasteiger partial charge in [0, 0.05) is 32.2 Å². The Balaban J connectivity index is 1.78. The van der Waals surface area contributed by atoms with Crippen molar-refractivity contribution in [1.82, 2.24) is 9.80 Å². The molecule has 1 heterocycles. The maximum absolute atomic E-state index is 11.0. The Morgan fingerprint density at radius 3 is 2.61 bits per heavy atom. The number of hydrogen-bond donors (Lipinski definition) is 2. The Hall–Kier alpha value is -0.990. The first-order valence-corrected chi connectivity index (χ1v) is 9.76. The summed E-state index contributed by atoms with van der Waals surface area (Å²) in [6.45, 7) is 6.15. The van der Waals surface area contributed by atoms with Crippen LogP contribution in [0.1, 0.15) is 25.0 Å². The SMILES string of the molecule is C[C@@H]1CN(CCCS(N)(=O)=O)CCN1C[C@@H](O)c1ccccc1. The van der Waals surface area contributed by atoms with E-state index in [0.29, 0.717) is 19.0 Å². The molecule has 1 aliphatic heterocycles. The van der Waals surface area contributed by atoms with Gasteiger partial charge in [-0.1, -0.05) is 30.3 Å². The molecule has 0 saturated carbocycles. The lowest BCUT2D eigenvalue weighted by Crippen LogP contribution is -2.53. The average molecular weight is 341 g/mol. The molecule has 0 aromatic heterocycles. The topological polar surface area (TPSA) is 86.9 Å². The number of hydrogen-bond acceptors (Lipinski definition) is 5. The molecule has 1 aromatic carbocycles. The van der Waals surface area contributed by atoms with E-state index in [2.05, 4.69) is 16.7 Å². The van der Waals surface area contributed by atoms with Gasteiger partial charge in [0.2, 0.25) is 10.0 Å². The predicted octanol–water partition coefficient (Wildman–Crippen LogP) is 0.405. The highest BCUT2D eigenvalue weighted by atomic mass is 32.2. The molecule has 3 N–H and O–H groups in total. The minimum Gasteiger partial charge on any atom is -0.387 e. The summed E-state index contributed by atoms with van der Waals surface area (Å²) in [7, 11) is -3.37. The van der Waals surface area contributed by atoms with Gasteiger partial charge in [0.15, 0.2) is 0 Å². The third kappa shape index (κ3) is 6.19. The van der Waals surface area contributed by atoms with Crippen molar-refractivity contribution in [2.24, 2.45) is 5.14 Å². The molecule has 1 aliphatic rings.